The normalized spacial score (nSPS) is 9.81. The minimum atomic E-state index is -0.350. The zero-order chi connectivity index (χ0) is 11.0. The van der Waals surface area contributed by atoms with Crippen molar-refractivity contribution in [3.8, 4) is 0 Å². The maximum absolute atomic E-state index is 11.5. The lowest BCUT2D eigenvalue weighted by atomic mass is 10.2. The molecule has 0 bridgehead atoms. The Morgan fingerprint density at radius 2 is 2.25 bits per heavy atom. The number of hydrogen-bond acceptors (Lipinski definition) is 4. The third kappa shape index (κ3) is 1.87. The highest BCUT2D eigenvalue weighted by Crippen LogP contribution is 2.03. The summed E-state index contributed by atoms with van der Waals surface area (Å²) in [6.45, 7) is 0. The lowest BCUT2D eigenvalue weighted by molar-refractivity contribution is -0.646. The van der Waals surface area contributed by atoms with Gasteiger partial charge >= 0.3 is 11.6 Å². The third-order valence-corrected chi connectivity index (χ3v) is 2.08. The fourth-order valence-corrected chi connectivity index (χ4v) is 1.44. The van der Waals surface area contributed by atoms with Gasteiger partial charge in [0.05, 0.1) is 12.6 Å². The number of H-pyrrole nitrogens is 1. The lowest BCUT2D eigenvalue weighted by Crippen LogP contribution is -3.00. The number of carbonyl (C=O) groups excluding carboxylic acids is 1. The van der Waals surface area contributed by atoms with Crippen LogP contribution in [0.2, 0.25) is 0 Å². The summed E-state index contributed by atoms with van der Waals surface area (Å²) in [4.78, 5) is 28.5. The molecule has 0 amide bonds. The number of fused-ring (bicyclic) bond motifs is 1. The largest absolute Gasteiger partial charge is 1.00 e. The SMILES string of the molecule is C[n+]1cc(C=O)cc2c(=O)[nH]c(N)nc21.[Cl-]. The van der Waals surface area contributed by atoms with Crippen molar-refractivity contribution in [2.24, 2.45) is 7.05 Å². The van der Waals surface area contributed by atoms with E-state index in [-0.39, 0.29) is 23.9 Å². The maximum atomic E-state index is 11.5. The van der Waals surface area contributed by atoms with Gasteiger partial charge in [-0.3, -0.25) is 14.6 Å². The van der Waals surface area contributed by atoms with Crippen LogP contribution in [0.5, 0.6) is 0 Å². The number of aromatic nitrogens is 3. The molecule has 0 saturated carbocycles. The van der Waals surface area contributed by atoms with Crippen LogP contribution >= 0.6 is 0 Å². The van der Waals surface area contributed by atoms with Crippen molar-refractivity contribution in [2.45, 2.75) is 0 Å². The first kappa shape index (κ1) is 12.1. The highest BCUT2D eigenvalue weighted by Gasteiger charge is 2.14. The molecule has 2 rings (SSSR count). The van der Waals surface area contributed by atoms with E-state index in [0.29, 0.717) is 22.9 Å². The maximum Gasteiger partial charge on any atom is 0.340 e. The van der Waals surface area contributed by atoms with Gasteiger partial charge in [0, 0.05) is 0 Å². The van der Waals surface area contributed by atoms with Crippen molar-refractivity contribution < 1.29 is 21.8 Å². The molecule has 2 aromatic heterocycles. The van der Waals surface area contributed by atoms with Gasteiger partial charge in [-0.25, -0.2) is 4.57 Å². The fraction of sp³-hybridized carbons (Fsp3) is 0.111. The number of hydrogen-bond donors (Lipinski definition) is 2. The van der Waals surface area contributed by atoms with Crippen LogP contribution in [0.1, 0.15) is 10.4 Å². The number of carbonyl (C=O) groups is 1. The number of rotatable bonds is 1. The molecule has 16 heavy (non-hydrogen) atoms. The molecule has 7 heteroatoms. The number of nitrogen functional groups attached to an aromatic ring is 1. The number of halogens is 1. The molecule has 0 spiro atoms. The summed E-state index contributed by atoms with van der Waals surface area (Å²) in [6, 6.07) is 1.48. The first-order valence-corrected chi connectivity index (χ1v) is 4.26. The molecule has 0 unspecified atom stereocenters. The molecule has 0 fully saturated rings. The molecular formula is C9H9ClN4O2. The van der Waals surface area contributed by atoms with Crippen LogP contribution in [0, 0.1) is 0 Å². The number of aryl methyl sites for hydroxylation is 1. The first-order chi connectivity index (χ1) is 7.11. The predicted octanol–water partition coefficient (Wildman–Crippen LogP) is -3.85. The summed E-state index contributed by atoms with van der Waals surface area (Å²) < 4.78 is 1.59. The standard InChI is InChI=1S/C9H8N4O2.ClH/c1-13-3-5(4-14)2-6-7(13)11-9(10)12-8(6)15;/h2-4H,1H3,(H2,10,12,15);1H. The number of pyridine rings is 1. The van der Waals surface area contributed by atoms with Gasteiger partial charge in [-0.15, -0.1) is 0 Å². The van der Waals surface area contributed by atoms with Crippen molar-refractivity contribution >= 4 is 23.3 Å². The smallest absolute Gasteiger partial charge is 0.340 e. The van der Waals surface area contributed by atoms with Crippen molar-refractivity contribution in [3.63, 3.8) is 0 Å². The Hall–Kier alpha value is -1.95. The van der Waals surface area contributed by atoms with Gasteiger partial charge in [0.25, 0.3) is 5.56 Å². The van der Waals surface area contributed by atoms with Crippen LogP contribution in [0.15, 0.2) is 17.1 Å². The Morgan fingerprint density at radius 3 is 2.88 bits per heavy atom. The van der Waals surface area contributed by atoms with E-state index in [0.717, 1.165) is 0 Å². The van der Waals surface area contributed by atoms with Crippen LogP contribution in [-0.2, 0) is 7.05 Å². The van der Waals surface area contributed by atoms with Crippen molar-refractivity contribution in [3.05, 3.63) is 28.2 Å². The average Bonchev–Trinajstić information content (AvgIpc) is 2.19. The van der Waals surface area contributed by atoms with E-state index < -0.39 is 0 Å². The van der Waals surface area contributed by atoms with Gasteiger partial charge in [-0.1, -0.05) is 0 Å². The predicted molar refractivity (Wildman–Crippen MR) is 53.3 cm³/mol. The Balaban J connectivity index is 0.00000128. The summed E-state index contributed by atoms with van der Waals surface area (Å²) in [5.41, 5.74) is 5.93. The van der Waals surface area contributed by atoms with E-state index in [4.69, 9.17) is 5.73 Å². The molecular weight excluding hydrogens is 232 g/mol. The molecule has 0 aliphatic rings. The Kier molecular flexibility index (Phi) is 3.24. The van der Waals surface area contributed by atoms with Crippen LogP contribution in [0.3, 0.4) is 0 Å². The summed E-state index contributed by atoms with van der Waals surface area (Å²) >= 11 is 0. The van der Waals surface area contributed by atoms with Crippen molar-refractivity contribution in [1.29, 1.82) is 0 Å². The average molecular weight is 241 g/mol. The van der Waals surface area contributed by atoms with Crippen LogP contribution in [0.25, 0.3) is 11.0 Å². The van der Waals surface area contributed by atoms with E-state index in [1.807, 2.05) is 0 Å². The van der Waals surface area contributed by atoms with Gasteiger partial charge < -0.3 is 18.1 Å². The van der Waals surface area contributed by atoms with Crippen LogP contribution < -0.4 is 28.3 Å². The Bertz CT molecular complexity index is 608. The van der Waals surface area contributed by atoms with Crippen LogP contribution in [0.4, 0.5) is 5.95 Å². The number of nitrogens with zero attached hydrogens (tertiary/aromatic N) is 2. The third-order valence-electron chi connectivity index (χ3n) is 2.08. The summed E-state index contributed by atoms with van der Waals surface area (Å²) in [7, 11) is 1.70. The molecule has 6 nitrogen and oxygen atoms in total. The molecule has 0 saturated heterocycles. The molecule has 2 heterocycles. The van der Waals surface area contributed by atoms with Crippen molar-refractivity contribution in [1.82, 2.24) is 9.97 Å². The molecule has 0 aliphatic carbocycles. The van der Waals surface area contributed by atoms with E-state index in [1.165, 1.54) is 6.07 Å². The summed E-state index contributed by atoms with van der Waals surface area (Å²) in [5, 5.41) is 0.344. The highest BCUT2D eigenvalue weighted by molar-refractivity contribution is 5.81. The Labute approximate surface area is 96.5 Å². The second-order valence-corrected chi connectivity index (χ2v) is 3.19. The van der Waals surface area contributed by atoms with Gasteiger partial charge in [0.15, 0.2) is 6.29 Å². The first-order valence-electron chi connectivity index (χ1n) is 4.26. The summed E-state index contributed by atoms with van der Waals surface area (Å²) in [6.07, 6.45) is 2.26. The van der Waals surface area contributed by atoms with Crippen LogP contribution in [-0.4, -0.2) is 16.3 Å². The second kappa shape index (κ2) is 4.28. The van der Waals surface area contributed by atoms with Gasteiger partial charge in [0.2, 0.25) is 0 Å². The van der Waals surface area contributed by atoms with Gasteiger partial charge in [0.1, 0.15) is 11.6 Å². The monoisotopic (exact) mass is 240 g/mol. The van der Waals surface area contributed by atoms with E-state index >= 15 is 0 Å². The number of nitrogens with one attached hydrogen (secondary N) is 1. The number of aldehydes is 1. The quantitative estimate of drug-likeness (QED) is 0.394. The van der Waals surface area contributed by atoms with E-state index in [1.54, 1.807) is 17.8 Å². The fourth-order valence-electron chi connectivity index (χ4n) is 1.44. The molecule has 0 aromatic carbocycles. The number of aromatic amines is 1. The zero-order valence-corrected chi connectivity index (χ0v) is 9.15. The minimum absolute atomic E-state index is 0. The summed E-state index contributed by atoms with van der Waals surface area (Å²) in [5.74, 6) is 0.0574. The molecule has 0 radical (unpaired) electrons. The lowest BCUT2D eigenvalue weighted by Gasteiger charge is -1.96. The number of nitrogens with two attached hydrogens (primary N) is 1. The molecule has 84 valence electrons. The topological polar surface area (TPSA) is 92.7 Å². The molecule has 0 aliphatic heterocycles. The van der Waals surface area contributed by atoms with E-state index in [2.05, 4.69) is 9.97 Å². The Morgan fingerprint density at radius 1 is 1.56 bits per heavy atom. The minimum Gasteiger partial charge on any atom is -1.00 e. The van der Waals surface area contributed by atoms with E-state index in [9.17, 15) is 9.59 Å². The van der Waals surface area contributed by atoms with Crippen molar-refractivity contribution in [2.75, 3.05) is 5.73 Å². The molecule has 0 atom stereocenters. The zero-order valence-electron chi connectivity index (χ0n) is 8.40. The molecule has 3 N–H and O–H groups in total. The second-order valence-electron chi connectivity index (χ2n) is 3.19. The number of anilines is 1. The highest BCUT2D eigenvalue weighted by atomic mass is 35.5. The van der Waals surface area contributed by atoms with Gasteiger partial charge in [-0.05, 0) is 11.1 Å². The van der Waals surface area contributed by atoms with Gasteiger partial charge in [-0.2, -0.15) is 0 Å². The molecule has 2 aromatic rings.